The zero-order chi connectivity index (χ0) is 10.6. The summed E-state index contributed by atoms with van der Waals surface area (Å²) in [6.07, 6.45) is -2.72. The molecule has 0 aromatic carbocycles. The summed E-state index contributed by atoms with van der Waals surface area (Å²) in [5, 5.41) is 38.9. The van der Waals surface area contributed by atoms with E-state index in [9.17, 15) is 29.7 Å². The largest absolute Gasteiger partial charge is 3.00 e. The minimum atomic E-state index is -2.97. The smallest absolute Gasteiger partial charge is 0.550 e. The molecule has 15 heavy (non-hydrogen) atoms. The fraction of sp³-hybridized carbons (Fsp3) is 0.500. The van der Waals surface area contributed by atoms with Gasteiger partial charge in [0.2, 0.25) is 0 Å². The molecule has 0 aliphatic heterocycles. The van der Waals surface area contributed by atoms with Gasteiger partial charge in [-0.1, -0.05) is 0 Å². The number of carbonyl (C=O) groups is 3. The predicted octanol–water partition coefficient (Wildman–Crippen LogP) is -5.26. The molecule has 0 saturated carbocycles. The molecule has 0 aromatic heterocycles. The number of aliphatic carboxylic acids is 3. The second kappa shape index (κ2) is 7.67. The van der Waals surface area contributed by atoms with Gasteiger partial charge in [0, 0.05) is 24.8 Å². The van der Waals surface area contributed by atoms with Gasteiger partial charge < -0.3 is 34.8 Å². The summed E-state index contributed by atoms with van der Waals surface area (Å²) < 4.78 is 0. The number of hydrogen-bond donors (Lipinski definition) is 1. The fourth-order valence-corrected chi connectivity index (χ4v) is 0.684. The molecule has 0 aliphatic rings. The second-order valence-corrected chi connectivity index (χ2v) is 2.42. The molecule has 0 fully saturated rings. The molecular formula is C6H5Fe2O7+2. The van der Waals surface area contributed by atoms with Crippen LogP contribution in [0.3, 0.4) is 0 Å². The Kier molecular flexibility index (Phi) is 10.2. The van der Waals surface area contributed by atoms with Crippen molar-refractivity contribution in [3.05, 3.63) is 0 Å². The van der Waals surface area contributed by atoms with Gasteiger partial charge in [-0.25, -0.2) is 0 Å². The first-order valence-corrected chi connectivity index (χ1v) is 3.11. The molecule has 0 aromatic rings. The third kappa shape index (κ3) is 7.35. The number of rotatable bonds is 5. The molecule has 0 amide bonds. The molecule has 0 heterocycles. The zero-order valence-electron chi connectivity index (χ0n) is 7.02. The van der Waals surface area contributed by atoms with Crippen LogP contribution in [0.2, 0.25) is 0 Å². The second-order valence-electron chi connectivity index (χ2n) is 2.42. The molecule has 85 valence electrons. The maximum absolute atomic E-state index is 10.1. The summed E-state index contributed by atoms with van der Waals surface area (Å²) in [4.78, 5) is 30.0. The predicted molar refractivity (Wildman–Crippen MR) is 29.2 cm³/mol. The monoisotopic (exact) mass is 301 g/mol. The van der Waals surface area contributed by atoms with Gasteiger partial charge in [-0.05, 0) is 0 Å². The molecule has 1 N–H and O–H groups in total. The van der Waals surface area contributed by atoms with Crippen LogP contribution in [-0.4, -0.2) is 28.6 Å². The third-order valence-corrected chi connectivity index (χ3v) is 1.25. The minimum Gasteiger partial charge on any atom is -0.550 e. The molecule has 0 unspecified atom stereocenters. The topological polar surface area (TPSA) is 141 Å². The average Bonchev–Trinajstić information content (AvgIpc) is 1.82. The van der Waals surface area contributed by atoms with Gasteiger partial charge in [0.05, 0.1) is 5.97 Å². The number of hydrogen-bond acceptors (Lipinski definition) is 7. The van der Waals surface area contributed by atoms with E-state index < -0.39 is 36.4 Å². The molecule has 0 spiro atoms. The van der Waals surface area contributed by atoms with E-state index in [2.05, 4.69) is 0 Å². The molecule has 0 saturated heterocycles. The summed E-state index contributed by atoms with van der Waals surface area (Å²) in [7, 11) is 0. The van der Waals surface area contributed by atoms with Crippen LogP contribution in [0.4, 0.5) is 0 Å². The first-order valence-electron chi connectivity index (χ1n) is 3.11. The number of aliphatic hydroxyl groups is 1. The quantitative estimate of drug-likeness (QED) is 0.500. The van der Waals surface area contributed by atoms with Crippen molar-refractivity contribution in [1.29, 1.82) is 0 Å². The first-order chi connectivity index (χ1) is 5.78. The normalized spacial score (nSPS) is 9.40. The number of carboxylic acids is 3. The van der Waals surface area contributed by atoms with Crippen molar-refractivity contribution < 1.29 is 68.9 Å². The Morgan fingerprint density at radius 1 is 1.00 bits per heavy atom. The summed E-state index contributed by atoms with van der Waals surface area (Å²) in [5.74, 6) is -5.98. The molecule has 9 heteroatoms. The van der Waals surface area contributed by atoms with E-state index in [-0.39, 0.29) is 34.1 Å². The Labute approximate surface area is 105 Å². The van der Waals surface area contributed by atoms with Crippen molar-refractivity contribution >= 4 is 17.9 Å². The van der Waals surface area contributed by atoms with Crippen LogP contribution >= 0.6 is 0 Å². The summed E-state index contributed by atoms with van der Waals surface area (Å²) in [6, 6.07) is 0. The standard InChI is InChI=1S/C6H8O7.2Fe/c7-3(8)1-6(13,5(11)12)2-4(9)10;;/h13H,1-2H2,(H,7,8)(H,9,10)(H,11,12);;/q;+2;+3/p-3. The molecule has 1 radical (unpaired) electrons. The molecule has 0 aliphatic carbocycles. The van der Waals surface area contributed by atoms with Crippen LogP contribution in [-0.2, 0) is 48.5 Å². The molecule has 7 nitrogen and oxygen atoms in total. The summed E-state index contributed by atoms with van der Waals surface area (Å²) in [6.45, 7) is 0. The van der Waals surface area contributed by atoms with Crippen LogP contribution in [0.1, 0.15) is 12.8 Å². The maximum atomic E-state index is 10.1. The van der Waals surface area contributed by atoms with Crippen molar-refractivity contribution in [1.82, 2.24) is 0 Å². The Balaban J connectivity index is -0.000000720. The van der Waals surface area contributed by atoms with Gasteiger partial charge in [0.1, 0.15) is 5.60 Å². The van der Waals surface area contributed by atoms with Crippen LogP contribution in [0, 0.1) is 0 Å². The number of carbonyl (C=O) groups excluding carboxylic acids is 3. The van der Waals surface area contributed by atoms with Gasteiger partial charge in [0.25, 0.3) is 0 Å². The van der Waals surface area contributed by atoms with Crippen molar-refractivity contribution in [2.45, 2.75) is 18.4 Å². The fourth-order valence-electron chi connectivity index (χ4n) is 0.684. The van der Waals surface area contributed by atoms with E-state index >= 15 is 0 Å². The Morgan fingerprint density at radius 3 is 1.40 bits per heavy atom. The Bertz CT molecular complexity index is 236. The van der Waals surface area contributed by atoms with Crippen molar-refractivity contribution in [3.63, 3.8) is 0 Å². The van der Waals surface area contributed by atoms with Crippen LogP contribution in [0.5, 0.6) is 0 Å². The van der Waals surface area contributed by atoms with E-state index in [0.717, 1.165) is 0 Å². The number of carboxylic acid groups (broad SMARTS) is 3. The van der Waals surface area contributed by atoms with Gasteiger partial charge in [-0.2, -0.15) is 0 Å². The molecule has 0 bridgehead atoms. The SMILES string of the molecule is O=C([O-])CC(O)(CC(=O)[O-])C(=O)[O-].[Fe+2].[Fe+3]. The summed E-state index contributed by atoms with van der Waals surface area (Å²) in [5.41, 5.74) is -2.97. The van der Waals surface area contributed by atoms with Crippen molar-refractivity contribution in [2.24, 2.45) is 0 Å². The maximum Gasteiger partial charge on any atom is 3.00 e. The minimum absolute atomic E-state index is 0. The average molecular weight is 301 g/mol. The van der Waals surface area contributed by atoms with Crippen LogP contribution in [0.15, 0.2) is 0 Å². The van der Waals surface area contributed by atoms with Gasteiger partial charge in [-0.15, -0.1) is 0 Å². The first kappa shape index (κ1) is 19.9. The van der Waals surface area contributed by atoms with E-state index in [0.29, 0.717) is 0 Å². The zero-order valence-corrected chi connectivity index (χ0v) is 9.23. The van der Waals surface area contributed by atoms with Crippen LogP contribution in [0.25, 0.3) is 0 Å². The Hall–Kier alpha value is -0.591. The summed E-state index contributed by atoms with van der Waals surface area (Å²) >= 11 is 0. The van der Waals surface area contributed by atoms with Crippen molar-refractivity contribution in [3.8, 4) is 0 Å². The van der Waals surface area contributed by atoms with E-state index in [1.54, 1.807) is 0 Å². The third-order valence-electron chi connectivity index (χ3n) is 1.25. The van der Waals surface area contributed by atoms with E-state index in [1.807, 2.05) is 0 Å². The van der Waals surface area contributed by atoms with E-state index in [4.69, 9.17) is 5.11 Å². The van der Waals surface area contributed by atoms with Crippen LogP contribution < -0.4 is 15.3 Å². The van der Waals surface area contributed by atoms with Gasteiger partial charge >= 0.3 is 34.1 Å². The molecular weight excluding hydrogens is 296 g/mol. The molecule has 0 rings (SSSR count). The van der Waals surface area contributed by atoms with Gasteiger partial charge in [0.15, 0.2) is 0 Å². The Morgan fingerprint density at radius 2 is 1.27 bits per heavy atom. The molecule has 0 atom stereocenters. The van der Waals surface area contributed by atoms with Crippen molar-refractivity contribution in [2.75, 3.05) is 0 Å². The van der Waals surface area contributed by atoms with E-state index in [1.165, 1.54) is 0 Å². The van der Waals surface area contributed by atoms with Gasteiger partial charge in [-0.3, -0.25) is 0 Å².